The highest BCUT2D eigenvalue weighted by atomic mass is 16.5. The first kappa shape index (κ1) is 21.6. The molecule has 1 unspecified atom stereocenters. The molecule has 4 rings (SSSR count). The number of hydrogen-bond acceptors (Lipinski definition) is 9. The maximum atomic E-state index is 13.0. The number of hydrogen-bond donors (Lipinski definition) is 1. The molecule has 2 N–H and O–H groups in total. The Morgan fingerprint density at radius 2 is 1.79 bits per heavy atom. The average Bonchev–Trinajstić information content (AvgIpc) is 3.22. The zero-order chi connectivity index (χ0) is 23.7. The summed E-state index contributed by atoms with van der Waals surface area (Å²) < 4.78 is 11.6. The summed E-state index contributed by atoms with van der Waals surface area (Å²) in [5.41, 5.74) is 8.66. The Kier molecular flexibility index (Phi) is 5.54. The van der Waals surface area contributed by atoms with Crippen LogP contribution in [0.1, 0.15) is 11.5 Å². The third-order valence-electron chi connectivity index (χ3n) is 5.46. The number of rotatable bonds is 4. The highest BCUT2D eigenvalue weighted by Crippen LogP contribution is 2.43. The van der Waals surface area contributed by atoms with Crippen molar-refractivity contribution < 1.29 is 19.1 Å². The fourth-order valence-electron chi connectivity index (χ4n) is 3.95. The molecule has 0 saturated heterocycles. The summed E-state index contributed by atoms with van der Waals surface area (Å²) in [5, 5.41) is 18.1. The fourth-order valence-corrected chi connectivity index (χ4v) is 3.95. The number of nitrogens with zero attached hydrogens (tertiary/aromatic N) is 5. The van der Waals surface area contributed by atoms with Gasteiger partial charge in [-0.2, -0.15) is 5.26 Å². The van der Waals surface area contributed by atoms with Gasteiger partial charge in [-0.1, -0.05) is 35.5 Å². The monoisotopic (exact) mass is 444 g/mol. The molecule has 1 atom stereocenters. The molecule has 1 aromatic heterocycles. The SMILES string of the molecule is COC(=O)C1=C(C(=O)OC)N(c2ccc3c(c2)nnn3C)C(N)=C(C#N)C1c1ccccc1. The van der Waals surface area contributed by atoms with E-state index in [4.69, 9.17) is 15.2 Å². The molecule has 1 aliphatic heterocycles. The Bertz CT molecular complexity index is 1370. The van der Waals surface area contributed by atoms with Crippen LogP contribution in [0.4, 0.5) is 5.69 Å². The van der Waals surface area contributed by atoms with Crippen molar-refractivity contribution in [3.05, 3.63) is 76.8 Å². The van der Waals surface area contributed by atoms with Gasteiger partial charge in [-0.05, 0) is 23.8 Å². The zero-order valence-electron chi connectivity index (χ0n) is 18.1. The van der Waals surface area contributed by atoms with Crippen LogP contribution in [-0.4, -0.2) is 41.2 Å². The highest BCUT2D eigenvalue weighted by molar-refractivity contribution is 6.06. The van der Waals surface area contributed by atoms with Crippen molar-refractivity contribution in [2.75, 3.05) is 19.1 Å². The van der Waals surface area contributed by atoms with Gasteiger partial charge in [0.05, 0.1) is 48.6 Å². The molecule has 10 heteroatoms. The van der Waals surface area contributed by atoms with Crippen molar-refractivity contribution in [2.45, 2.75) is 5.92 Å². The molecule has 0 radical (unpaired) electrons. The van der Waals surface area contributed by atoms with Gasteiger partial charge in [-0.25, -0.2) is 14.3 Å². The normalized spacial score (nSPS) is 16.1. The number of nitriles is 1. The predicted molar refractivity (Wildman–Crippen MR) is 118 cm³/mol. The Hall–Kier alpha value is -4.65. The van der Waals surface area contributed by atoms with E-state index in [9.17, 15) is 14.9 Å². The van der Waals surface area contributed by atoms with Gasteiger partial charge in [-0.15, -0.1) is 5.10 Å². The predicted octanol–water partition coefficient (Wildman–Crippen LogP) is 1.87. The molecule has 0 saturated carbocycles. The van der Waals surface area contributed by atoms with Gasteiger partial charge in [0.25, 0.3) is 0 Å². The number of methoxy groups -OCH3 is 2. The zero-order valence-corrected chi connectivity index (χ0v) is 18.1. The Morgan fingerprint density at radius 3 is 2.42 bits per heavy atom. The number of benzene rings is 2. The van der Waals surface area contributed by atoms with Crippen LogP contribution in [-0.2, 0) is 26.1 Å². The van der Waals surface area contributed by atoms with Gasteiger partial charge in [0.2, 0.25) is 0 Å². The first-order valence-corrected chi connectivity index (χ1v) is 9.88. The third kappa shape index (κ3) is 3.45. The van der Waals surface area contributed by atoms with Crippen LogP contribution in [0.2, 0.25) is 0 Å². The van der Waals surface area contributed by atoms with Gasteiger partial charge in [0.15, 0.2) is 0 Å². The molecule has 10 nitrogen and oxygen atoms in total. The van der Waals surface area contributed by atoms with E-state index in [1.165, 1.54) is 19.1 Å². The van der Waals surface area contributed by atoms with Crippen molar-refractivity contribution in [1.29, 1.82) is 5.26 Å². The topological polar surface area (TPSA) is 136 Å². The maximum absolute atomic E-state index is 13.0. The summed E-state index contributed by atoms with van der Waals surface area (Å²) in [7, 11) is 4.15. The third-order valence-corrected chi connectivity index (χ3v) is 5.46. The molecule has 0 spiro atoms. The molecule has 166 valence electrons. The van der Waals surface area contributed by atoms with Crippen molar-refractivity contribution >= 4 is 28.7 Å². The number of anilines is 1. The minimum Gasteiger partial charge on any atom is -0.466 e. The standard InChI is InChI=1S/C23H20N6O4/c1-28-17-10-9-14(11-16(17)26-27-28)29-20(23(31)33-3)19(22(30)32-2)18(15(12-24)21(29)25)13-7-5-4-6-8-13/h4-11,18H,25H2,1-3H3. The van der Waals surface area contributed by atoms with Gasteiger partial charge in [-0.3, -0.25) is 4.90 Å². The highest BCUT2D eigenvalue weighted by Gasteiger charge is 2.43. The number of ether oxygens (including phenoxy) is 2. The molecule has 33 heavy (non-hydrogen) atoms. The molecule has 0 amide bonds. The Balaban J connectivity index is 2.06. The lowest BCUT2D eigenvalue weighted by molar-refractivity contribution is -0.139. The molecular formula is C23H20N6O4. The van der Waals surface area contributed by atoms with Crippen molar-refractivity contribution in [1.82, 2.24) is 15.0 Å². The first-order chi connectivity index (χ1) is 15.9. The van der Waals surface area contributed by atoms with Crippen molar-refractivity contribution in [2.24, 2.45) is 12.8 Å². The van der Waals surface area contributed by atoms with E-state index in [2.05, 4.69) is 16.4 Å². The Labute approximate surface area is 189 Å². The molecule has 2 heterocycles. The van der Waals surface area contributed by atoms with Crippen LogP contribution < -0.4 is 10.6 Å². The second kappa shape index (κ2) is 8.47. The van der Waals surface area contributed by atoms with Crippen LogP contribution in [0.25, 0.3) is 11.0 Å². The van der Waals surface area contributed by atoms with Gasteiger partial charge < -0.3 is 15.2 Å². The largest absolute Gasteiger partial charge is 0.466 e. The first-order valence-electron chi connectivity index (χ1n) is 9.88. The van der Waals surface area contributed by atoms with Crippen LogP contribution in [0.5, 0.6) is 0 Å². The summed E-state index contributed by atoms with van der Waals surface area (Å²) >= 11 is 0. The molecule has 3 aromatic rings. The number of fused-ring (bicyclic) bond motifs is 1. The lowest BCUT2D eigenvalue weighted by atomic mass is 9.81. The quantitative estimate of drug-likeness (QED) is 0.598. The van der Waals surface area contributed by atoms with Crippen LogP contribution in [0.3, 0.4) is 0 Å². The van der Waals surface area contributed by atoms with E-state index in [0.717, 1.165) is 5.52 Å². The maximum Gasteiger partial charge on any atom is 0.355 e. The van der Waals surface area contributed by atoms with E-state index in [1.54, 1.807) is 60.3 Å². The molecular weight excluding hydrogens is 424 g/mol. The summed E-state index contributed by atoms with van der Waals surface area (Å²) in [5.74, 6) is -2.53. The van der Waals surface area contributed by atoms with Crippen LogP contribution in [0, 0.1) is 11.3 Å². The number of aromatic nitrogens is 3. The van der Waals surface area contributed by atoms with E-state index in [-0.39, 0.29) is 22.7 Å². The van der Waals surface area contributed by atoms with Gasteiger partial charge in [0, 0.05) is 7.05 Å². The summed E-state index contributed by atoms with van der Waals surface area (Å²) in [6, 6.07) is 16.0. The fraction of sp³-hybridized carbons (Fsp3) is 0.174. The van der Waals surface area contributed by atoms with E-state index >= 15 is 0 Å². The lowest BCUT2D eigenvalue weighted by Crippen LogP contribution is -2.40. The van der Waals surface area contributed by atoms with Gasteiger partial charge in [0.1, 0.15) is 17.0 Å². The van der Waals surface area contributed by atoms with Gasteiger partial charge >= 0.3 is 11.9 Å². The smallest absolute Gasteiger partial charge is 0.355 e. The summed E-state index contributed by atoms with van der Waals surface area (Å²) in [6.45, 7) is 0. The number of esters is 2. The second-order valence-electron chi connectivity index (χ2n) is 7.22. The Morgan fingerprint density at radius 1 is 1.09 bits per heavy atom. The number of nitrogens with two attached hydrogens (primary N) is 1. The number of carbonyl (C=O) groups is 2. The van der Waals surface area contributed by atoms with E-state index in [0.29, 0.717) is 16.8 Å². The second-order valence-corrected chi connectivity index (χ2v) is 7.22. The minimum absolute atomic E-state index is 0.0114. The van der Waals surface area contributed by atoms with Crippen LogP contribution >= 0.6 is 0 Å². The molecule has 0 aliphatic carbocycles. The number of allylic oxidation sites excluding steroid dienone is 1. The molecule has 2 aromatic carbocycles. The summed E-state index contributed by atoms with van der Waals surface area (Å²) in [4.78, 5) is 27.4. The molecule has 1 aliphatic rings. The summed E-state index contributed by atoms with van der Waals surface area (Å²) in [6.07, 6.45) is 0. The average molecular weight is 444 g/mol. The van der Waals surface area contributed by atoms with E-state index in [1.807, 2.05) is 0 Å². The van der Waals surface area contributed by atoms with Crippen molar-refractivity contribution in [3.63, 3.8) is 0 Å². The van der Waals surface area contributed by atoms with Crippen molar-refractivity contribution in [3.8, 4) is 6.07 Å². The van der Waals surface area contributed by atoms with Crippen LogP contribution in [0.15, 0.2) is 71.2 Å². The lowest BCUT2D eigenvalue weighted by Gasteiger charge is -2.35. The minimum atomic E-state index is -0.922. The number of aryl methyl sites for hydroxylation is 1. The molecule has 0 fully saturated rings. The van der Waals surface area contributed by atoms with E-state index < -0.39 is 17.9 Å². The number of carbonyl (C=O) groups excluding carboxylic acids is 2. The molecule has 0 bridgehead atoms.